The third-order valence-electron chi connectivity index (χ3n) is 4.31. The maximum absolute atomic E-state index is 13.2. The molecule has 0 aliphatic carbocycles. The summed E-state index contributed by atoms with van der Waals surface area (Å²) in [5, 5.41) is 7.14. The van der Waals surface area contributed by atoms with Crippen LogP contribution in [0.5, 0.6) is 0 Å². The molecule has 1 aromatic carbocycles. The zero-order valence-corrected chi connectivity index (χ0v) is 16.2. The number of halogens is 1. The van der Waals surface area contributed by atoms with Crippen LogP contribution in [0.4, 0.5) is 4.39 Å². The van der Waals surface area contributed by atoms with Crippen LogP contribution in [0.15, 0.2) is 36.7 Å². The van der Waals surface area contributed by atoms with Crippen molar-refractivity contribution in [3.05, 3.63) is 59.3 Å². The number of amides is 1. The van der Waals surface area contributed by atoms with Crippen LogP contribution in [0.3, 0.4) is 0 Å². The first-order valence-corrected chi connectivity index (χ1v) is 8.85. The number of hydrogen-bond acceptors (Lipinski definition) is 5. The molecule has 1 N–H and O–H groups in total. The van der Waals surface area contributed by atoms with E-state index >= 15 is 0 Å². The molecule has 0 unspecified atom stereocenters. The lowest BCUT2D eigenvalue weighted by Crippen LogP contribution is -2.35. The van der Waals surface area contributed by atoms with Gasteiger partial charge in [-0.3, -0.25) is 4.79 Å². The molecule has 3 rings (SSSR count). The van der Waals surface area contributed by atoms with E-state index in [0.29, 0.717) is 29.5 Å². The summed E-state index contributed by atoms with van der Waals surface area (Å²) >= 11 is 0. The Balaban J connectivity index is 1.92. The molecule has 2 aromatic heterocycles. The number of nitrogens with one attached hydrogen (secondary N) is 1. The predicted molar refractivity (Wildman–Crippen MR) is 103 cm³/mol. The van der Waals surface area contributed by atoms with Crippen LogP contribution in [-0.2, 0) is 4.74 Å². The minimum Gasteiger partial charge on any atom is -0.383 e. The maximum atomic E-state index is 13.2. The first kappa shape index (κ1) is 19.6. The lowest BCUT2D eigenvalue weighted by Gasteiger charge is -2.12. The van der Waals surface area contributed by atoms with Crippen LogP contribution in [0, 0.1) is 19.7 Å². The van der Waals surface area contributed by atoms with Crippen molar-refractivity contribution in [3.63, 3.8) is 0 Å². The van der Waals surface area contributed by atoms with Gasteiger partial charge in [0, 0.05) is 24.9 Å². The van der Waals surface area contributed by atoms with E-state index in [1.54, 1.807) is 32.4 Å². The molecule has 146 valence electrons. The fraction of sp³-hybridized carbons (Fsp3) is 0.300. The fourth-order valence-electron chi connectivity index (χ4n) is 2.86. The Bertz CT molecular complexity index is 985. The van der Waals surface area contributed by atoms with Gasteiger partial charge in [0.25, 0.3) is 11.9 Å². The van der Waals surface area contributed by atoms with Crippen molar-refractivity contribution in [2.45, 2.75) is 26.8 Å². The van der Waals surface area contributed by atoms with Crippen LogP contribution >= 0.6 is 0 Å². The number of ether oxygens (including phenoxy) is 1. The Morgan fingerprint density at radius 1 is 1.25 bits per heavy atom. The SMILES string of the molecule is COC[C@@H](C)NC(=O)c1cnn(-c2ncc(C)c(-c3ccc(F)cc3)n2)c1C. The standard InChI is InChI=1S/C20H22FN5O2/c1-12-9-22-20(25-18(12)15-5-7-16(21)8-6-15)26-14(3)17(10-23-26)19(27)24-13(2)11-28-4/h5-10,13H,11H2,1-4H3,(H,24,27)/t13-/m1/s1. The average molecular weight is 383 g/mol. The molecule has 0 radical (unpaired) electrons. The van der Waals surface area contributed by atoms with Gasteiger partial charge in [-0.1, -0.05) is 0 Å². The molecule has 1 atom stereocenters. The van der Waals surface area contributed by atoms with E-state index in [1.807, 2.05) is 13.8 Å². The molecule has 0 aliphatic rings. The van der Waals surface area contributed by atoms with Gasteiger partial charge in [-0.15, -0.1) is 0 Å². The molecule has 0 spiro atoms. The third-order valence-corrected chi connectivity index (χ3v) is 4.31. The molecule has 0 aliphatic heterocycles. The van der Waals surface area contributed by atoms with Crippen molar-refractivity contribution >= 4 is 5.91 Å². The largest absolute Gasteiger partial charge is 0.383 e. The van der Waals surface area contributed by atoms with Gasteiger partial charge >= 0.3 is 0 Å². The number of rotatable bonds is 6. The number of aryl methyl sites for hydroxylation is 1. The lowest BCUT2D eigenvalue weighted by atomic mass is 10.1. The summed E-state index contributed by atoms with van der Waals surface area (Å²) in [5.41, 5.74) is 3.37. The number of methoxy groups -OCH3 is 1. The molecule has 0 saturated heterocycles. The van der Waals surface area contributed by atoms with E-state index in [9.17, 15) is 9.18 Å². The summed E-state index contributed by atoms with van der Waals surface area (Å²) in [6, 6.07) is 5.99. The summed E-state index contributed by atoms with van der Waals surface area (Å²) in [4.78, 5) is 21.4. The number of carbonyl (C=O) groups excluding carboxylic acids is 1. The van der Waals surface area contributed by atoms with Gasteiger partial charge in [-0.05, 0) is 50.6 Å². The van der Waals surface area contributed by atoms with Crippen LogP contribution in [0.25, 0.3) is 17.2 Å². The maximum Gasteiger partial charge on any atom is 0.255 e. The Morgan fingerprint density at radius 2 is 1.96 bits per heavy atom. The Kier molecular flexibility index (Phi) is 5.79. The summed E-state index contributed by atoms with van der Waals surface area (Å²) in [5.74, 6) is -0.206. The normalized spacial score (nSPS) is 12.0. The van der Waals surface area contributed by atoms with Crippen molar-refractivity contribution in [2.75, 3.05) is 13.7 Å². The second kappa shape index (κ2) is 8.26. The number of nitrogens with zero attached hydrogens (tertiary/aromatic N) is 4. The first-order valence-electron chi connectivity index (χ1n) is 8.85. The summed E-state index contributed by atoms with van der Waals surface area (Å²) in [6.07, 6.45) is 3.17. The van der Waals surface area contributed by atoms with Gasteiger partial charge in [-0.25, -0.2) is 19.0 Å². The second-order valence-electron chi connectivity index (χ2n) is 6.59. The Labute approximate surface area is 162 Å². The van der Waals surface area contributed by atoms with Gasteiger partial charge in [0.05, 0.1) is 29.8 Å². The van der Waals surface area contributed by atoms with Crippen molar-refractivity contribution < 1.29 is 13.9 Å². The third kappa shape index (κ3) is 4.07. The number of aromatic nitrogens is 4. The molecule has 3 aromatic rings. The first-order chi connectivity index (χ1) is 13.4. The van der Waals surface area contributed by atoms with E-state index in [4.69, 9.17) is 4.74 Å². The van der Waals surface area contributed by atoms with Gasteiger partial charge in [0.1, 0.15) is 5.82 Å². The predicted octanol–water partition coefficient (Wildman–Crippen LogP) is 2.85. The van der Waals surface area contributed by atoms with Crippen molar-refractivity contribution in [1.82, 2.24) is 25.1 Å². The van der Waals surface area contributed by atoms with E-state index in [1.165, 1.54) is 23.0 Å². The quantitative estimate of drug-likeness (QED) is 0.708. The molecule has 28 heavy (non-hydrogen) atoms. The van der Waals surface area contributed by atoms with Crippen LogP contribution in [-0.4, -0.2) is 45.4 Å². The van der Waals surface area contributed by atoms with E-state index in [-0.39, 0.29) is 17.8 Å². The highest BCUT2D eigenvalue weighted by Gasteiger charge is 2.18. The smallest absolute Gasteiger partial charge is 0.255 e. The van der Waals surface area contributed by atoms with Gasteiger partial charge in [0.2, 0.25) is 0 Å². The Hall–Kier alpha value is -3.13. The summed E-state index contributed by atoms with van der Waals surface area (Å²) < 4.78 is 19.8. The van der Waals surface area contributed by atoms with Crippen molar-refractivity contribution in [1.29, 1.82) is 0 Å². The molecule has 7 nitrogen and oxygen atoms in total. The molecular weight excluding hydrogens is 361 g/mol. The molecular formula is C20H22FN5O2. The highest BCUT2D eigenvalue weighted by Crippen LogP contribution is 2.22. The molecule has 0 fully saturated rings. The van der Waals surface area contributed by atoms with Crippen molar-refractivity contribution in [2.24, 2.45) is 0 Å². The molecule has 8 heteroatoms. The van der Waals surface area contributed by atoms with E-state index in [2.05, 4.69) is 20.4 Å². The summed E-state index contributed by atoms with van der Waals surface area (Å²) in [7, 11) is 1.58. The topological polar surface area (TPSA) is 81.9 Å². The number of carbonyl (C=O) groups is 1. The highest BCUT2D eigenvalue weighted by atomic mass is 19.1. The molecule has 2 heterocycles. The van der Waals surface area contributed by atoms with E-state index < -0.39 is 0 Å². The average Bonchev–Trinajstić information content (AvgIpc) is 3.05. The second-order valence-corrected chi connectivity index (χ2v) is 6.59. The minimum atomic E-state index is -0.308. The van der Waals surface area contributed by atoms with Crippen LogP contribution in [0.2, 0.25) is 0 Å². The van der Waals surface area contributed by atoms with Crippen molar-refractivity contribution in [3.8, 4) is 17.2 Å². The zero-order valence-electron chi connectivity index (χ0n) is 16.2. The van der Waals surface area contributed by atoms with Gasteiger partial charge in [0.15, 0.2) is 0 Å². The van der Waals surface area contributed by atoms with E-state index in [0.717, 1.165) is 11.1 Å². The molecule has 1 amide bonds. The monoisotopic (exact) mass is 383 g/mol. The highest BCUT2D eigenvalue weighted by molar-refractivity contribution is 5.95. The lowest BCUT2D eigenvalue weighted by molar-refractivity contribution is 0.0905. The van der Waals surface area contributed by atoms with Gasteiger partial charge in [-0.2, -0.15) is 5.10 Å². The Morgan fingerprint density at radius 3 is 2.64 bits per heavy atom. The van der Waals surface area contributed by atoms with Gasteiger partial charge < -0.3 is 10.1 Å². The zero-order chi connectivity index (χ0) is 20.3. The minimum absolute atomic E-state index is 0.124. The van der Waals surface area contributed by atoms with Crippen LogP contribution in [0.1, 0.15) is 28.5 Å². The van der Waals surface area contributed by atoms with Crippen LogP contribution < -0.4 is 5.32 Å². The number of hydrogen-bond donors (Lipinski definition) is 1. The fourth-order valence-corrected chi connectivity index (χ4v) is 2.86. The molecule has 0 bridgehead atoms. The molecule has 0 saturated carbocycles. The number of benzene rings is 1. The summed E-state index contributed by atoms with van der Waals surface area (Å²) in [6.45, 7) is 5.94.